The summed E-state index contributed by atoms with van der Waals surface area (Å²) in [4.78, 5) is 8.24. The smallest absolute Gasteiger partial charge is 0.187 e. The lowest BCUT2D eigenvalue weighted by Gasteiger charge is -2.00. The van der Waals surface area contributed by atoms with Gasteiger partial charge in [0.05, 0.1) is 18.1 Å². The van der Waals surface area contributed by atoms with Crippen molar-refractivity contribution >= 4 is 17.4 Å². The van der Waals surface area contributed by atoms with Crippen LogP contribution in [0.25, 0.3) is 0 Å². The number of benzene rings is 1. The zero-order chi connectivity index (χ0) is 10.5. The Hall–Kier alpha value is -1.55. The van der Waals surface area contributed by atoms with E-state index in [4.69, 9.17) is 5.73 Å². The summed E-state index contributed by atoms with van der Waals surface area (Å²) in [6.07, 6.45) is 3.25. The Morgan fingerprint density at radius 2 is 1.73 bits per heavy atom. The Morgan fingerprint density at radius 3 is 2.40 bits per heavy atom. The molecule has 0 unspecified atom stereocenters. The molecule has 15 heavy (non-hydrogen) atoms. The largest absolute Gasteiger partial charge is 0.396 e. The highest BCUT2D eigenvalue weighted by Gasteiger charge is 1.97. The molecule has 3 nitrogen and oxygen atoms in total. The van der Waals surface area contributed by atoms with E-state index in [1.54, 1.807) is 24.2 Å². The first-order chi connectivity index (χ1) is 7.34. The molecule has 0 amide bonds. The summed E-state index contributed by atoms with van der Waals surface area (Å²) in [6, 6.07) is 10.2. The number of thioether (sulfide) groups is 1. The van der Waals surface area contributed by atoms with E-state index in [1.165, 1.54) is 5.56 Å². The van der Waals surface area contributed by atoms with Gasteiger partial charge in [-0.15, -0.1) is 0 Å². The molecule has 4 heteroatoms. The molecule has 76 valence electrons. The highest BCUT2D eigenvalue weighted by atomic mass is 32.2. The Labute approximate surface area is 92.8 Å². The van der Waals surface area contributed by atoms with Crippen molar-refractivity contribution in [2.45, 2.75) is 10.9 Å². The van der Waals surface area contributed by atoms with Crippen molar-refractivity contribution < 1.29 is 0 Å². The highest BCUT2D eigenvalue weighted by Crippen LogP contribution is 2.18. The molecular weight excluding hydrogens is 206 g/mol. The zero-order valence-corrected chi connectivity index (χ0v) is 8.95. The molecule has 1 heterocycles. The average molecular weight is 217 g/mol. The number of anilines is 1. The number of nitrogens with two attached hydrogens (primary N) is 1. The lowest BCUT2D eigenvalue weighted by atomic mass is 10.2. The van der Waals surface area contributed by atoms with Crippen LogP contribution in [0.4, 0.5) is 5.69 Å². The van der Waals surface area contributed by atoms with Crippen LogP contribution in [0.3, 0.4) is 0 Å². The molecule has 0 saturated heterocycles. The monoisotopic (exact) mass is 217 g/mol. The third kappa shape index (κ3) is 2.95. The zero-order valence-electron chi connectivity index (χ0n) is 8.13. The van der Waals surface area contributed by atoms with Crippen LogP contribution in [-0.2, 0) is 5.75 Å². The van der Waals surface area contributed by atoms with E-state index in [9.17, 15) is 0 Å². The topological polar surface area (TPSA) is 51.8 Å². The minimum Gasteiger partial charge on any atom is -0.396 e. The van der Waals surface area contributed by atoms with Gasteiger partial charge in [-0.05, 0) is 5.56 Å². The Bertz CT molecular complexity index is 414. The first kappa shape index (κ1) is 9.98. The van der Waals surface area contributed by atoms with Crippen LogP contribution in [0.2, 0.25) is 0 Å². The second-order valence-electron chi connectivity index (χ2n) is 3.07. The maximum Gasteiger partial charge on any atom is 0.187 e. The molecule has 2 rings (SSSR count). The average Bonchev–Trinajstić information content (AvgIpc) is 2.30. The molecule has 0 aliphatic heterocycles. The number of hydrogen-bond donors (Lipinski definition) is 1. The van der Waals surface area contributed by atoms with Crippen molar-refractivity contribution in [3.05, 3.63) is 48.3 Å². The molecule has 2 N–H and O–H groups in total. The van der Waals surface area contributed by atoms with E-state index in [2.05, 4.69) is 22.1 Å². The van der Waals surface area contributed by atoms with Crippen molar-refractivity contribution in [2.24, 2.45) is 0 Å². The van der Waals surface area contributed by atoms with E-state index in [0.29, 0.717) is 5.69 Å². The van der Waals surface area contributed by atoms with Gasteiger partial charge in [-0.3, -0.25) is 0 Å². The fraction of sp³-hybridized carbons (Fsp3) is 0.0909. The summed E-state index contributed by atoms with van der Waals surface area (Å²) >= 11 is 1.60. The van der Waals surface area contributed by atoms with Gasteiger partial charge in [-0.25, -0.2) is 9.97 Å². The Balaban J connectivity index is 1.96. The second kappa shape index (κ2) is 4.79. The van der Waals surface area contributed by atoms with Gasteiger partial charge in [-0.1, -0.05) is 42.1 Å². The van der Waals surface area contributed by atoms with E-state index < -0.39 is 0 Å². The molecule has 0 spiro atoms. The normalized spacial score (nSPS) is 10.1. The van der Waals surface area contributed by atoms with E-state index in [-0.39, 0.29) is 0 Å². The Kier molecular flexibility index (Phi) is 3.19. The number of rotatable bonds is 3. The van der Waals surface area contributed by atoms with Gasteiger partial charge in [0.1, 0.15) is 0 Å². The van der Waals surface area contributed by atoms with Gasteiger partial charge in [-0.2, -0.15) is 0 Å². The van der Waals surface area contributed by atoms with Crippen LogP contribution in [0.1, 0.15) is 5.56 Å². The maximum absolute atomic E-state index is 5.50. The molecule has 0 aliphatic rings. The van der Waals surface area contributed by atoms with Gasteiger partial charge < -0.3 is 5.73 Å². The van der Waals surface area contributed by atoms with Crippen LogP contribution in [0, 0.1) is 0 Å². The molecule has 0 saturated carbocycles. The van der Waals surface area contributed by atoms with E-state index in [1.807, 2.05) is 18.2 Å². The van der Waals surface area contributed by atoms with Crippen LogP contribution >= 0.6 is 11.8 Å². The fourth-order valence-corrected chi connectivity index (χ4v) is 1.87. The fourth-order valence-electron chi connectivity index (χ4n) is 1.12. The van der Waals surface area contributed by atoms with Gasteiger partial charge in [0, 0.05) is 5.75 Å². The SMILES string of the molecule is Nc1cnc(SCc2ccccc2)nc1. The van der Waals surface area contributed by atoms with Crippen LogP contribution in [-0.4, -0.2) is 9.97 Å². The van der Waals surface area contributed by atoms with Gasteiger partial charge in [0.25, 0.3) is 0 Å². The first-order valence-corrected chi connectivity index (χ1v) is 5.57. The number of nitrogen functional groups attached to an aromatic ring is 1. The summed E-state index contributed by atoms with van der Waals surface area (Å²) in [5.74, 6) is 0.880. The van der Waals surface area contributed by atoms with Crippen molar-refractivity contribution in [1.29, 1.82) is 0 Å². The molecule has 0 bridgehead atoms. The lowest BCUT2D eigenvalue weighted by Crippen LogP contribution is -1.91. The molecule has 1 aromatic carbocycles. The quantitative estimate of drug-likeness (QED) is 0.633. The van der Waals surface area contributed by atoms with Crippen molar-refractivity contribution in [3.8, 4) is 0 Å². The Morgan fingerprint density at radius 1 is 1.07 bits per heavy atom. The number of aromatic nitrogens is 2. The van der Waals surface area contributed by atoms with Gasteiger partial charge in [0.15, 0.2) is 5.16 Å². The number of hydrogen-bond acceptors (Lipinski definition) is 4. The minimum absolute atomic E-state index is 0.596. The summed E-state index contributed by atoms with van der Waals surface area (Å²) in [5.41, 5.74) is 7.36. The predicted molar refractivity (Wildman–Crippen MR) is 62.4 cm³/mol. The van der Waals surface area contributed by atoms with E-state index in [0.717, 1.165) is 10.9 Å². The second-order valence-corrected chi connectivity index (χ2v) is 4.02. The summed E-state index contributed by atoms with van der Waals surface area (Å²) in [7, 11) is 0. The lowest BCUT2D eigenvalue weighted by molar-refractivity contribution is 0.970. The molecule has 0 radical (unpaired) electrons. The molecule has 1 aromatic heterocycles. The predicted octanol–water partition coefficient (Wildman–Crippen LogP) is 2.35. The van der Waals surface area contributed by atoms with Gasteiger partial charge >= 0.3 is 0 Å². The van der Waals surface area contributed by atoms with Crippen molar-refractivity contribution in [1.82, 2.24) is 9.97 Å². The standard InChI is InChI=1S/C11H11N3S/c12-10-6-13-11(14-7-10)15-8-9-4-2-1-3-5-9/h1-7H,8,12H2. The number of nitrogens with zero attached hydrogens (tertiary/aromatic N) is 2. The third-order valence-electron chi connectivity index (χ3n) is 1.86. The molecule has 0 aliphatic carbocycles. The highest BCUT2D eigenvalue weighted by molar-refractivity contribution is 7.98. The van der Waals surface area contributed by atoms with Crippen molar-refractivity contribution in [2.75, 3.05) is 5.73 Å². The first-order valence-electron chi connectivity index (χ1n) is 4.59. The molecular formula is C11H11N3S. The van der Waals surface area contributed by atoms with Crippen LogP contribution in [0.5, 0.6) is 0 Å². The molecule has 0 fully saturated rings. The summed E-state index contributed by atoms with van der Waals surface area (Å²) in [5, 5.41) is 0.757. The van der Waals surface area contributed by atoms with Gasteiger partial charge in [0.2, 0.25) is 0 Å². The van der Waals surface area contributed by atoms with Crippen molar-refractivity contribution in [3.63, 3.8) is 0 Å². The maximum atomic E-state index is 5.50. The third-order valence-corrected chi connectivity index (χ3v) is 2.81. The minimum atomic E-state index is 0.596. The van der Waals surface area contributed by atoms with Crippen LogP contribution < -0.4 is 5.73 Å². The van der Waals surface area contributed by atoms with Crippen LogP contribution in [0.15, 0.2) is 47.9 Å². The summed E-state index contributed by atoms with van der Waals surface area (Å²) in [6.45, 7) is 0. The van der Waals surface area contributed by atoms with E-state index >= 15 is 0 Å². The molecule has 0 atom stereocenters. The summed E-state index contributed by atoms with van der Waals surface area (Å²) < 4.78 is 0. The molecule has 2 aromatic rings.